The minimum Gasteiger partial charge on any atom is -0.494 e. The Morgan fingerprint density at radius 3 is 2.25 bits per heavy atom. The summed E-state index contributed by atoms with van der Waals surface area (Å²) in [5.41, 5.74) is 1.41. The third-order valence-electron chi connectivity index (χ3n) is 6.97. The summed E-state index contributed by atoms with van der Waals surface area (Å²) in [4.78, 5) is 13.7. The molecule has 4 rings (SSSR count). The van der Waals surface area contributed by atoms with Crippen molar-refractivity contribution < 1.29 is 19.0 Å². The first-order valence-electron chi connectivity index (χ1n) is 11.5. The fourth-order valence-corrected chi connectivity index (χ4v) is 5.16. The van der Waals surface area contributed by atoms with E-state index in [4.69, 9.17) is 25.8 Å². The molecule has 2 heterocycles. The van der Waals surface area contributed by atoms with Crippen molar-refractivity contribution >= 4 is 17.5 Å². The third-order valence-corrected chi connectivity index (χ3v) is 7.21. The van der Waals surface area contributed by atoms with Crippen molar-refractivity contribution in [3.8, 4) is 5.75 Å². The Morgan fingerprint density at radius 2 is 1.62 bits per heavy atom. The highest BCUT2D eigenvalue weighted by Gasteiger charge is 2.43. The number of carbonyl (C=O) groups excluding carboxylic acids is 1. The van der Waals surface area contributed by atoms with Crippen LogP contribution in [0, 0.1) is 0 Å². The Balaban J connectivity index is 1.57. The third kappa shape index (κ3) is 4.80. The molecule has 2 aromatic carbocycles. The van der Waals surface area contributed by atoms with E-state index in [1.54, 1.807) is 0 Å². The van der Waals surface area contributed by atoms with Crippen LogP contribution in [0.2, 0.25) is 5.02 Å². The number of benzene rings is 2. The van der Waals surface area contributed by atoms with Gasteiger partial charge in [-0.25, -0.2) is 0 Å². The van der Waals surface area contributed by atoms with Crippen molar-refractivity contribution in [2.45, 2.75) is 43.4 Å². The summed E-state index contributed by atoms with van der Waals surface area (Å²) < 4.78 is 16.9. The molecule has 0 atom stereocenters. The molecule has 2 aliphatic heterocycles. The van der Waals surface area contributed by atoms with Gasteiger partial charge in [-0.3, -0.25) is 4.79 Å². The van der Waals surface area contributed by atoms with Gasteiger partial charge in [0.2, 0.25) is 5.91 Å². The molecule has 0 bridgehead atoms. The SMILES string of the molecule is CCOc1ccc(C2(CNC(=O)C3(c4cccc(Cl)c4)CCOCC3)CCOCC2)cc1. The first-order chi connectivity index (χ1) is 15.6. The van der Waals surface area contributed by atoms with Gasteiger partial charge in [0.15, 0.2) is 0 Å². The molecule has 2 fully saturated rings. The lowest BCUT2D eigenvalue weighted by Crippen LogP contribution is -2.52. The molecule has 172 valence electrons. The van der Waals surface area contributed by atoms with Gasteiger partial charge in [0.25, 0.3) is 0 Å². The van der Waals surface area contributed by atoms with Crippen molar-refractivity contribution in [3.63, 3.8) is 0 Å². The van der Waals surface area contributed by atoms with Gasteiger partial charge in [0, 0.05) is 43.4 Å². The highest BCUT2D eigenvalue weighted by molar-refractivity contribution is 6.30. The van der Waals surface area contributed by atoms with Crippen molar-refractivity contribution in [1.29, 1.82) is 0 Å². The molecule has 1 N–H and O–H groups in total. The van der Waals surface area contributed by atoms with Crippen LogP contribution in [-0.4, -0.2) is 45.5 Å². The molecule has 32 heavy (non-hydrogen) atoms. The maximum absolute atomic E-state index is 13.7. The topological polar surface area (TPSA) is 56.8 Å². The van der Waals surface area contributed by atoms with E-state index < -0.39 is 5.41 Å². The zero-order valence-electron chi connectivity index (χ0n) is 18.7. The van der Waals surface area contributed by atoms with E-state index in [9.17, 15) is 4.79 Å². The van der Waals surface area contributed by atoms with Gasteiger partial charge in [-0.1, -0.05) is 35.9 Å². The first-order valence-corrected chi connectivity index (χ1v) is 11.9. The zero-order valence-corrected chi connectivity index (χ0v) is 19.5. The molecule has 5 nitrogen and oxygen atoms in total. The molecule has 0 unspecified atom stereocenters. The van der Waals surface area contributed by atoms with Crippen LogP contribution >= 0.6 is 11.6 Å². The number of hydrogen-bond acceptors (Lipinski definition) is 4. The Labute approximate surface area is 195 Å². The van der Waals surface area contributed by atoms with Crippen LogP contribution in [0.3, 0.4) is 0 Å². The largest absolute Gasteiger partial charge is 0.494 e. The van der Waals surface area contributed by atoms with Gasteiger partial charge in [-0.15, -0.1) is 0 Å². The standard InChI is InChI=1S/C26H32ClNO4/c1-2-32-23-8-6-20(7-9-23)25(10-14-30-15-11-25)19-28-24(29)26(12-16-31-17-13-26)21-4-3-5-22(27)18-21/h3-9,18H,2,10-17,19H2,1H3,(H,28,29). The van der Waals surface area contributed by atoms with Gasteiger partial charge < -0.3 is 19.5 Å². The smallest absolute Gasteiger partial charge is 0.230 e. The summed E-state index contributed by atoms with van der Waals surface area (Å²) in [6.45, 7) is 5.72. The summed E-state index contributed by atoms with van der Waals surface area (Å²) >= 11 is 6.28. The maximum Gasteiger partial charge on any atom is 0.230 e. The van der Waals surface area contributed by atoms with E-state index in [0.29, 0.717) is 57.4 Å². The molecule has 2 aromatic rings. The van der Waals surface area contributed by atoms with Gasteiger partial charge in [0.1, 0.15) is 5.75 Å². The maximum atomic E-state index is 13.7. The van der Waals surface area contributed by atoms with Crippen LogP contribution in [0.5, 0.6) is 5.75 Å². The molecule has 2 aliphatic rings. The molecular formula is C26H32ClNO4. The molecule has 0 aliphatic carbocycles. The second-order valence-corrected chi connectivity index (χ2v) is 9.17. The number of ether oxygens (including phenoxy) is 3. The summed E-state index contributed by atoms with van der Waals surface area (Å²) in [6, 6.07) is 16.0. The Kier molecular flexibility index (Phi) is 7.39. The minimum atomic E-state index is -0.617. The molecule has 0 spiro atoms. The summed E-state index contributed by atoms with van der Waals surface area (Å²) in [6.07, 6.45) is 3.04. The summed E-state index contributed by atoms with van der Waals surface area (Å²) in [5, 5.41) is 3.99. The normalized spacial score (nSPS) is 19.8. The monoisotopic (exact) mass is 457 g/mol. The fourth-order valence-electron chi connectivity index (χ4n) is 4.97. The van der Waals surface area contributed by atoms with E-state index >= 15 is 0 Å². The Morgan fingerprint density at radius 1 is 0.969 bits per heavy atom. The number of amides is 1. The Hall–Kier alpha value is -2.08. The zero-order chi connectivity index (χ0) is 22.4. The quantitative estimate of drug-likeness (QED) is 0.657. The van der Waals surface area contributed by atoms with Crippen LogP contribution in [0.4, 0.5) is 0 Å². The van der Waals surface area contributed by atoms with Crippen molar-refractivity contribution in [3.05, 3.63) is 64.7 Å². The van der Waals surface area contributed by atoms with Gasteiger partial charge in [0.05, 0.1) is 12.0 Å². The number of rotatable bonds is 7. The molecule has 1 amide bonds. The second kappa shape index (κ2) is 10.2. The Bertz CT molecular complexity index is 902. The predicted octanol–water partition coefficient (Wildman–Crippen LogP) is 4.65. The van der Waals surface area contributed by atoms with E-state index in [1.807, 2.05) is 43.3 Å². The van der Waals surface area contributed by atoms with E-state index in [0.717, 1.165) is 24.2 Å². The summed E-state index contributed by atoms with van der Waals surface area (Å²) in [7, 11) is 0. The van der Waals surface area contributed by atoms with Crippen molar-refractivity contribution in [2.75, 3.05) is 39.6 Å². The lowest BCUT2D eigenvalue weighted by atomic mass is 9.71. The molecule has 2 saturated heterocycles. The van der Waals surface area contributed by atoms with Crippen LogP contribution in [0.15, 0.2) is 48.5 Å². The number of halogens is 1. The van der Waals surface area contributed by atoms with Gasteiger partial charge >= 0.3 is 0 Å². The predicted molar refractivity (Wildman–Crippen MR) is 126 cm³/mol. The molecule has 0 saturated carbocycles. The van der Waals surface area contributed by atoms with E-state index in [1.165, 1.54) is 5.56 Å². The van der Waals surface area contributed by atoms with Crippen LogP contribution in [0.25, 0.3) is 0 Å². The fraction of sp³-hybridized carbons (Fsp3) is 0.500. The lowest BCUT2D eigenvalue weighted by Gasteiger charge is -2.41. The van der Waals surface area contributed by atoms with Crippen LogP contribution in [0.1, 0.15) is 43.7 Å². The van der Waals surface area contributed by atoms with E-state index in [-0.39, 0.29) is 11.3 Å². The summed E-state index contributed by atoms with van der Waals surface area (Å²) in [5.74, 6) is 0.921. The molecular weight excluding hydrogens is 426 g/mol. The average molecular weight is 458 g/mol. The first kappa shape index (κ1) is 23.1. The molecule has 6 heteroatoms. The molecule has 0 radical (unpaired) electrons. The van der Waals surface area contributed by atoms with Gasteiger partial charge in [-0.05, 0) is 68.0 Å². The number of hydrogen-bond donors (Lipinski definition) is 1. The number of nitrogens with one attached hydrogen (secondary N) is 1. The number of carbonyl (C=O) groups is 1. The van der Waals surface area contributed by atoms with Crippen LogP contribution < -0.4 is 10.1 Å². The average Bonchev–Trinajstić information content (AvgIpc) is 2.84. The van der Waals surface area contributed by atoms with Crippen molar-refractivity contribution in [1.82, 2.24) is 5.32 Å². The van der Waals surface area contributed by atoms with Crippen molar-refractivity contribution in [2.24, 2.45) is 0 Å². The molecule has 0 aromatic heterocycles. The van der Waals surface area contributed by atoms with Gasteiger partial charge in [-0.2, -0.15) is 0 Å². The highest BCUT2D eigenvalue weighted by atomic mass is 35.5. The van der Waals surface area contributed by atoms with Crippen LogP contribution in [-0.2, 0) is 25.1 Å². The minimum absolute atomic E-state index is 0.0554. The lowest BCUT2D eigenvalue weighted by molar-refractivity contribution is -0.131. The highest BCUT2D eigenvalue weighted by Crippen LogP contribution is 2.38. The second-order valence-electron chi connectivity index (χ2n) is 8.74. The van der Waals surface area contributed by atoms with E-state index in [2.05, 4.69) is 17.4 Å².